The number of rotatable bonds is 7. The van der Waals surface area contributed by atoms with E-state index >= 15 is 0 Å². The van der Waals surface area contributed by atoms with Crippen molar-refractivity contribution in [3.8, 4) is 6.07 Å². The van der Waals surface area contributed by atoms with Gasteiger partial charge in [-0.3, -0.25) is 14.4 Å². The number of amides is 2. The zero-order chi connectivity index (χ0) is 23.2. The molecule has 0 aliphatic carbocycles. The molecule has 1 fully saturated rings. The maximum atomic E-state index is 14.2. The summed E-state index contributed by atoms with van der Waals surface area (Å²) in [4.78, 5) is 39.1. The number of nitrogens with zero attached hydrogens (tertiary/aromatic N) is 2. The molecule has 8 heteroatoms. The van der Waals surface area contributed by atoms with E-state index in [2.05, 4.69) is 5.32 Å². The van der Waals surface area contributed by atoms with Gasteiger partial charge in [-0.2, -0.15) is 5.26 Å². The number of piperidine rings is 1. The van der Waals surface area contributed by atoms with Gasteiger partial charge in [-0.25, -0.2) is 4.39 Å². The third kappa shape index (κ3) is 6.03. The summed E-state index contributed by atoms with van der Waals surface area (Å²) < 4.78 is 18.9. The van der Waals surface area contributed by atoms with E-state index in [1.807, 2.05) is 13.0 Å². The van der Waals surface area contributed by atoms with E-state index in [1.165, 1.54) is 19.2 Å². The number of esters is 1. The van der Waals surface area contributed by atoms with Gasteiger partial charge >= 0.3 is 5.97 Å². The number of carbonyl (C=O) groups excluding carboxylic acids is 3. The van der Waals surface area contributed by atoms with E-state index in [0.717, 1.165) is 18.9 Å². The number of carbonyl (C=O) groups is 3. The monoisotopic (exact) mass is 431 g/mol. The first-order valence-corrected chi connectivity index (χ1v) is 10.5. The topological polar surface area (TPSA) is 99.5 Å². The first-order valence-electron chi connectivity index (χ1n) is 10.5. The zero-order valence-corrected chi connectivity index (χ0v) is 18.5. The van der Waals surface area contributed by atoms with Crippen LogP contribution in [-0.2, 0) is 14.3 Å². The summed E-state index contributed by atoms with van der Waals surface area (Å²) in [7, 11) is 1.37. The number of hydrogen-bond acceptors (Lipinski definition) is 5. The van der Waals surface area contributed by atoms with E-state index in [-0.39, 0.29) is 28.9 Å². The van der Waals surface area contributed by atoms with Crippen LogP contribution in [0.4, 0.5) is 4.39 Å². The summed E-state index contributed by atoms with van der Waals surface area (Å²) in [5.74, 6) is -2.01. The van der Waals surface area contributed by atoms with Gasteiger partial charge in [-0.1, -0.05) is 6.92 Å². The number of halogens is 1. The van der Waals surface area contributed by atoms with Crippen molar-refractivity contribution >= 4 is 17.8 Å². The number of ether oxygens (including phenoxy) is 1. The van der Waals surface area contributed by atoms with Crippen LogP contribution in [0.5, 0.6) is 0 Å². The Morgan fingerprint density at radius 3 is 2.48 bits per heavy atom. The number of nitrogens with one attached hydrogen (secondary N) is 1. The maximum absolute atomic E-state index is 14.2. The van der Waals surface area contributed by atoms with Crippen molar-refractivity contribution in [2.24, 2.45) is 11.8 Å². The molecule has 1 atom stereocenters. The fourth-order valence-corrected chi connectivity index (χ4v) is 4.11. The van der Waals surface area contributed by atoms with E-state index in [1.54, 1.807) is 18.7 Å². The lowest BCUT2D eigenvalue weighted by molar-refractivity contribution is -0.142. The normalized spacial score (nSPS) is 15.7. The molecule has 1 unspecified atom stereocenters. The molecule has 0 radical (unpaired) electrons. The van der Waals surface area contributed by atoms with Gasteiger partial charge < -0.3 is 15.0 Å². The molecule has 31 heavy (non-hydrogen) atoms. The Morgan fingerprint density at radius 2 is 1.97 bits per heavy atom. The second-order valence-electron chi connectivity index (χ2n) is 8.49. The maximum Gasteiger partial charge on any atom is 0.305 e. The third-order valence-corrected chi connectivity index (χ3v) is 5.97. The lowest BCUT2D eigenvalue weighted by Gasteiger charge is -2.39. The van der Waals surface area contributed by atoms with Crippen LogP contribution in [0.25, 0.3) is 0 Å². The summed E-state index contributed by atoms with van der Waals surface area (Å²) in [5.41, 5.74) is -0.949. The highest BCUT2D eigenvalue weighted by atomic mass is 19.1. The molecule has 1 aliphatic rings. The molecule has 1 aliphatic heterocycles. The molecule has 1 saturated heterocycles. The van der Waals surface area contributed by atoms with E-state index < -0.39 is 23.2 Å². The SMILES string of the molecule is CCC(C(=O)N1CCC(CC(=O)OC)CC1)C(C)(C)NC(=O)c1ccc(C#N)cc1F. The Balaban J connectivity index is 2.05. The molecule has 0 bridgehead atoms. The molecule has 7 nitrogen and oxygen atoms in total. The van der Waals surface area contributed by atoms with E-state index in [9.17, 15) is 18.8 Å². The van der Waals surface area contributed by atoms with Crippen molar-refractivity contribution in [2.75, 3.05) is 20.2 Å². The predicted octanol–water partition coefficient (Wildman–Crippen LogP) is 3.03. The summed E-state index contributed by atoms with van der Waals surface area (Å²) in [6.45, 7) is 6.48. The Labute approximate surface area is 182 Å². The molecule has 1 N–H and O–H groups in total. The van der Waals surface area contributed by atoms with Crippen LogP contribution in [0, 0.1) is 29.0 Å². The van der Waals surface area contributed by atoms with Gasteiger partial charge in [0.05, 0.1) is 30.2 Å². The third-order valence-electron chi connectivity index (χ3n) is 5.97. The first kappa shape index (κ1) is 24.3. The number of hydrogen-bond donors (Lipinski definition) is 1. The van der Waals surface area contributed by atoms with Crippen LogP contribution in [0.3, 0.4) is 0 Å². The van der Waals surface area contributed by atoms with Gasteiger partial charge in [0.25, 0.3) is 5.91 Å². The largest absolute Gasteiger partial charge is 0.469 e. The Bertz CT molecular complexity index is 870. The highest BCUT2D eigenvalue weighted by molar-refractivity contribution is 5.95. The number of methoxy groups -OCH3 is 1. The van der Waals surface area contributed by atoms with Gasteiger partial charge in [0.15, 0.2) is 0 Å². The molecular weight excluding hydrogens is 401 g/mol. The fourth-order valence-electron chi connectivity index (χ4n) is 4.11. The van der Waals surface area contributed by atoms with Crippen LogP contribution in [0.1, 0.15) is 62.4 Å². The van der Waals surface area contributed by atoms with Crippen LogP contribution in [-0.4, -0.2) is 48.4 Å². The van der Waals surface area contributed by atoms with Crippen LogP contribution in [0.15, 0.2) is 18.2 Å². The second kappa shape index (κ2) is 10.4. The van der Waals surface area contributed by atoms with Crippen molar-refractivity contribution in [1.29, 1.82) is 5.26 Å². The van der Waals surface area contributed by atoms with Crippen molar-refractivity contribution in [1.82, 2.24) is 10.2 Å². The van der Waals surface area contributed by atoms with Crippen LogP contribution in [0.2, 0.25) is 0 Å². The van der Waals surface area contributed by atoms with Crippen molar-refractivity contribution in [3.63, 3.8) is 0 Å². The average molecular weight is 432 g/mol. The molecule has 0 aromatic heterocycles. The predicted molar refractivity (Wildman–Crippen MR) is 112 cm³/mol. The van der Waals surface area contributed by atoms with Gasteiger partial charge in [0.1, 0.15) is 5.82 Å². The summed E-state index contributed by atoms with van der Waals surface area (Å²) in [5, 5.41) is 11.7. The lowest BCUT2D eigenvalue weighted by atomic mass is 9.83. The minimum atomic E-state index is -0.911. The quantitative estimate of drug-likeness (QED) is 0.669. The number of likely N-dealkylation sites (tertiary alicyclic amines) is 1. The zero-order valence-electron chi connectivity index (χ0n) is 18.5. The summed E-state index contributed by atoms with van der Waals surface area (Å²) in [6, 6.07) is 5.50. The Kier molecular flexibility index (Phi) is 8.14. The van der Waals surface area contributed by atoms with E-state index in [4.69, 9.17) is 10.00 Å². The number of nitriles is 1. The molecule has 1 heterocycles. The van der Waals surface area contributed by atoms with Crippen molar-refractivity contribution < 1.29 is 23.5 Å². The Hall–Kier alpha value is -2.95. The standard InChI is InChI=1S/C23H30FN3O4/c1-5-18(22(30)27-10-8-15(9-11-27)13-20(28)31-4)23(2,3)26-21(29)17-7-6-16(14-25)12-19(17)24/h6-7,12,15,18H,5,8-11,13H2,1-4H3,(H,26,29). The summed E-state index contributed by atoms with van der Waals surface area (Å²) in [6.07, 6.45) is 2.30. The van der Waals surface area contributed by atoms with Crippen LogP contribution < -0.4 is 5.32 Å². The fraction of sp³-hybridized carbons (Fsp3) is 0.565. The molecule has 0 spiro atoms. The van der Waals surface area contributed by atoms with Gasteiger partial charge in [-0.05, 0) is 57.2 Å². The highest BCUT2D eigenvalue weighted by Gasteiger charge is 2.39. The molecule has 1 aromatic carbocycles. The van der Waals surface area contributed by atoms with Crippen molar-refractivity contribution in [2.45, 2.75) is 52.0 Å². The average Bonchev–Trinajstić information content (AvgIpc) is 2.73. The minimum Gasteiger partial charge on any atom is -0.469 e. The van der Waals surface area contributed by atoms with Gasteiger partial charge in [0.2, 0.25) is 5.91 Å². The molecule has 168 valence electrons. The van der Waals surface area contributed by atoms with Gasteiger partial charge in [-0.15, -0.1) is 0 Å². The van der Waals surface area contributed by atoms with E-state index in [0.29, 0.717) is 25.9 Å². The molecule has 2 rings (SSSR count). The first-order chi connectivity index (χ1) is 14.6. The summed E-state index contributed by atoms with van der Waals surface area (Å²) >= 11 is 0. The highest BCUT2D eigenvalue weighted by Crippen LogP contribution is 2.27. The minimum absolute atomic E-state index is 0.0652. The molecule has 1 aromatic rings. The lowest BCUT2D eigenvalue weighted by Crippen LogP contribution is -2.55. The molecule has 2 amide bonds. The van der Waals surface area contributed by atoms with Crippen molar-refractivity contribution in [3.05, 3.63) is 35.1 Å². The van der Waals surface area contributed by atoms with Crippen LogP contribution >= 0.6 is 0 Å². The number of benzene rings is 1. The molecule has 0 saturated carbocycles. The van der Waals surface area contributed by atoms with Gasteiger partial charge in [0, 0.05) is 25.0 Å². The second-order valence-corrected chi connectivity index (χ2v) is 8.49. The smallest absolute Gasteiger partial charge is 0.305 e. The molecular formula is C23H30FN3O4. The Morgan fingerprint density at radius 1 is 1.32 bits per heavy atom.